The molecule has 1 aliphatic rings. The van der Waals surface area contributed by atoms with Gasteiger partial charge < -0.3 is 14.6 Å². The van der Waals surface area contributed by atoms with Crippen molar-refractivity contribution in [3.63, 3.8) is 0 Å². The average Bonchev–Trinajstić information content (AvgIpc) is 2.68. The van der Waals surface area contributed by atoms with Crippen LogP contribution in [0.3, 0.4) is 0 Å². The summed E-state index contributed by atoms with van der Waals surface area (Å²) in [6.07, 6.45) is 0. The van der Waals surface area contributed by atoms with Crippen molar-refractivity contribution in [1.82, 2.24) is 4.90 Å². The number of amides is 1. The summed E-state index contributed by atoms with van der Waals surface area (Å²) in [6, 6.07) is 18.6. The van der Waals surface area contributed by atoms with Gasteiger partial charge in [-0.3, -0.25) is 9.69 Å². The third kappa shape index (κ3) is 4.01. The second-order valence-corrected chi connectivity index (χ2v) is 6.62. The van der Waals surface area contributed by atoms with E-state index in [-0.39, 0.29) is 11.5 Å². The SMILES string of the molecule is O=C(CN1CCN(c2cc(=O)oc3ccccc23)CC1)Nc1ccccc1. The molecule has 0 aliphatic carbocycles. The van der Waals surface area contributed by atoms with Gasteiger partial charge in [-0.25, -0.2) is 4.79 Å². The molecule has 6 nitrogen and oxygen atoms in total. The van der Waals surface area contributed by atoms with Crippen LogP contribution in [0.15, 0.2) is 69.9 Å². The van der Waals surface area contributed by atoms with Gasteiger partial charge in [-0.15, -0.1) is 0 Å². The van der Waals surface area contributed by atoms with Crippen molar-refractivity contribution in [3.05, 3.63) is 71.1 Å². The van der Waals surface area contributed by atoms with Crippen LogP contribution in [-0.4, -0.2) is 43.5 Å². The molecule has 2 aromatic carbocycles. The first-order valence-corrected chi connectivity index (χ1v) is 9.04. The number of rotatable bonds is 4. The number of carbonyl (C=O) groups excluding carboxylic acids is 1. The van der Waals surface area contributed by atoms with E-state index in [1.54, 1.807) is 6.07 Å². The van der Waals surface area contributed by atoms with Crippen LogP contribution in [0, 0.1) is 0 Å². The molecule has 3 aromatic rings. The monoisotopic (exact) mass is 363 g/mol. The van der Waals surface area contributed by atoms with Crippen molar-refractivity contribution in [2.45, 2.75) is 0 Å². The summed E-state index contributed by atoms with van der Waals surface area (Å²) in [5.74, 6) is -0.0135. The number of fused-ring (bicyclic) bond motifs is 1. The normalized spacial score (nSPS) is 15.0. The van der Waals surface area contributed by atoms with Gasteiger partial charge >= 0.3 is 5.63 Å². The summed E-state index contributed by atoms with van der Waals surface area (Å²) in [5.41, 5.74) is 1.97. The Hall–Kier alpha value is -3.12. The van der Waals surface area contributed by atoms with E-state index in [9.17, 15) is 9.59 Å². The smallest absolute Gasteiger partial charge is 0.338 e. The maximum Gasteiger partial charge on any atom is 0.338 e. The van der Waals surface area contributed by atoms with Crippen LogP contribution in [0.4, 0.5) is 11.4 Å². The lowest BCUT2D eigenvalue weighted by molar-refractivity contribution is -0.117. The number of piperazine rings is 1. The predicted octanol–water partition coefficient (Wildman–Crippen LogP) is 2.55. The van der Waals surface area contributed by atoms with E-state index in [4.69, 9.17) is 4.42 Å². The molecule has 4 rings (SSSR count). The Labute approximate surface area is 157 Å². The number of anilines is 2. The molecule has 1 aromatic heterocycles. The lowest BCUT2D eigenvalue weighted by Gasteiger charge is -2.36. The summed E-state index contributed by atoms with van der Waals surface area (Å²) in [4.78, 5) is 28.4. The van der Waals surface area contributed by atoms with Crippen molar-refractivity contribution < 1.29 is 9.21 Å². The molecule has 0 unspecified atom stereocenters. The van der Waals surface area contributed by atoms with Crippen molar-refractivity contribution in [1.29, 1.82) is 0 Å². The van der Waals surface area contributed by atoms with Gasteiger partial charge in [-0.2, -0.15) is 0 Å². The Morgan fingerprint density at radius 3 is 2.44 bits per heavy atom. The Bertz CT molecular complexity index is 992. The molecule has 1 amide bonds. The number of hydrogen-bond donors (Lipinski definition) is 1. The quantitative estimate of drug-likeness (QED) is 0.722. The fourth-order valence-electron chi connectivity index (χ4n) is 3.43. The molecule has 27 heavy (non-hydrogen) atoms. The van der Waals surface area contributed by atoms with E-state index in [0.717, 1.165) is 42.9 Å². The van der Waals surface area contributed by atoms with E-state index >= 15 is 0 Å². The first-order chi connectivity index (χ1) is 13.2. The van der Waals surface area contributed by atoms with Crippen LogP contribution >= 0.6 is 0 Å². The standard InChI is InChI=1S/C21H21N3O3/c25-20(22-16-6-2-1-3-7-16)15-23-10-12-24(13-11-23)18-14-21(26)27-19-9-5-4-8-17(18)19/h1-9,14H,10-13,15H2,(H,22,25). The topological polar surface area (TPSA) is 65.8 Å². The van der Waals surface area contributed by atoms with E-state index in [2.05, 4.69) is 15.1 Å². The summed E-state index contributed by atoms with van der Waals surface area (Å²) in [5, 5.41) is 3.85. The van der Waals surface area contributed by atoms with Crippen LogP contribution in [-0.2, 0) is 4.79 Å². The molecule has 0 saturated carbocycles. The zero-order chi connectivity index (χ0) is 18.6. The van der Waals surface area contributed by atoms with Crippen molar-refractivity contribution >= 4 is 28.3 Å². The zero-order valence-corrected chi connectivity index (χ0v) is 14.9. The van der Waals surface area contributed by atoms with E-state index in [0.29, 0.717) is 12.1 Å². The minimum Gasteiger partial charge on any atom is -0.423 e. The van der Waals surface area contributed by atoms with E-state index in [1.807, 2.05) is 54.6 Å². The number of nitrogens with one attached hydrogen (secondary N) is 1. The van der Waals surface area contributed by atoms with Gasteiger partial charge in [0.25, 0.3) is 0 Å². The van der Waals surface area contributed by atoms with Crippen molar-refractivity contribution in [2.24, 2.45) is 0 Å². The molecule has 0 radical (unpaired) electrons. The molecule has 0 atom stereocenters. The molecule has 1 saturated heterocycles. The third-order valence-corrected chi connectivity index (χ3v) is 4.77. The molecule has 1 aliphatic heterocycles. The molecule has 6 heteroatoms. The lowest BCUT2D eigenvalue weighted by atomic mass is 10.1. The zero-order valence-electron chi connectivity index (χ0n) is 14.9. The average molecular weight is 363 g/mol. The number of nitrogens with zero attached hydrogens (tertiary/aromatic N) is 2. The summed E-state index contributed by atoms with van der Waals surface area (Å²) in [7, 11) is 0. The van der Waals surface area contributed by atoms with Crippen molar-refractivity contribution in [2.75, 3.05) is 42.9 Å². The number of para-hydroxylation sites is 2. The number of carbonyl (C=O) groups is 1. The number of hydrogen-bond acceptors (Lipinski definition) is 5. The van der Waals surface area contributed by atoms with Gasteiger partial charge in [0.2, 0.25) is 5.91 Å². The highest BCUT2D eigenvalue weighted by Crippen LogP contribution is 2.25. The van der Waals surface area contributed by atoms with Gasteiger partial charge in [0.1, 0.15) is 5.58 Å². The molecule has 1 N–H and O–H groups in total. The second-order valence-electron chi connectivity index (χ2n) is 6.62. The van der Waals surface area contributed by atoms with Crippen molar-refractivity contribution in [3.8, 4) is 0 Å². The minimum absolute atomic E-state index is 0.0135. The Balaban J connectivity index is 1.39. The fourth-order valence-corrected chi connectivity index (χ4v) is 3.43. The first-order valence-electron chi connectivity index (χ1n) is 9.04. The second kappa shape index (κ2) is 7.63. The summed E-state index contributed by atoms with van der Waals surface area (Å²) in [6.45, 7) is 3.39. The largest absolute Gasteiger partial charge is 0.423 e. The van der Waals surface area contributed by atoms with Crippen LogP contribution in [0.5, 0.6) is 0 Å². The minimum atomic E-state index is -0.339. The molecule has 0 bridgehead atoms. The number of benzene rings is 2. The molecule has 2 heterocycles. The van der Waals surface area contributed by atoms with Gasteiger partial charge in [-0.1, -0.05) is 30.3 Å². The summed E-state index contributed by atoms with van der Waals surface area (Å²) < 4.78 is 5.28. The highest BCUT2D eigenvalue weighted by Gasteiger charge is 2.21. The van der Waals surface area contributed by atoms with Crippen LogP contribution in [0.2, 0.25) is 0 Å². The molecular formula is C21H21N3O3. The molecule has 0 spiro atoms. The first kappa shape index (κ1) is 17.3. The van der Waals surface area contributed by atoms with Gasteiger partial charge in [0.15, 0.2) is 0 Å². The highest BCUT2D eigenvalue weighted by molar-refractivity contribution is 5.92. The Morgan fingerprint density at radius 2 is 1.67 bits per heavy atom. The Morgan fingerprint density at radius 1 is 0.963 bits per heavy atom. The van der Waals surface area contributed by atoms with Gasteiger partial charge in [0.05, 0.1) is 12.2 Å². The summed E-state index contributed by atoms with van der Waals surface area (Å²) >= 11 is 0. The van der Waals surface area contributed by atoms with Crippen LogP contribution in [0.1, 0.15) is 0 Å². The van der Waals surface area contributed by atoms with Gasteiger partial charge in [-0.05, 0) is 24.3 Å². The van der Waals surface area contributed by atoms with Gasteiger partial charge in [0, 0.05) is 43.3 Å². The Kier molecular flexibility index (Phi) is 4.89. The maximum absolute atomic E-state index is 12.2. The maximum atomic E-state index is 12.2. The van der Waals surface area contributed by atoms with E-state index < -0.39 is 0 Å². The molecule has 138 valence electrons. The highest BCUT2D eigenvalue weighted by atomic mass is 16.4. The third-order valence-electron chi connectivity index (χ3n) is 4.77. The van der Waals surface area contributed by atoms with Crippen LogP contribution < -0.4 is 15.8 Å². The fraction of sp³-hybridized carbons (Fsp3) is 0.238. The lowest BCUT2D eigenvalue weighted by Crippen LogP contribution is -2.48. The predicted molar refractivity (Wildman–Crippen MR) is 106 cm³/mol. The molecular weight excluding hydrogens is 342 g/mol. The molecule has 1 fully saturated rings. The van der Waals surface area contributed by atoms with E-state index in [1.165, 1.54) is 0 Å². The van der Waals surface area contributed by atoms with Crippen LogP contribution in [0.25, 0.3) is 11.0 Å².